The molecule has 10 heteroatoms. The zero-order chi connectivity index (χ0) is 16.5. The van der Waals surface area contributed by atoms with Crippen LogP contribution in [0.4, 0.5) is 0 Å². The first-order valence-corrected chi connectivity index (χ1v) is 10.9. The molecule has 0 radical (unpaired) electrons. The zero-order valence-corrected chi connectivity index (χ0v) is 19.2. The van der Waals surface area contributed by atoms with Gasteiger partial charge in [0.25, 0.3) is 5.96 Å². The van der Waals surface area contributed by atoms with Gasteiger partial charge in [0.1, 0.15) is 10.5 Å². The van der Waals surface area contributed by atoms with Crippen LogP contribution in [0.15, 0.2) is 4.99 Å². The van der Waals surface area contributed by atoms with Gasteiger partial charge in [0.2, 0.25) is 0 Å². The Balaban J connectivity index is 4.68. The van der Waals surface area contributed by atoms with Crippen LogP contribution in [0, 0.1) is 0 Å². The van der Waals surface area contributed by atoms with Gasteiger partial charge in [-0.2, -0.15) is 0 Å². The summed E-state index contributed by atoms with van der Waals surface area (Å²) in [6.45, 7) is 0.732. The monoisotopic (exact) mass is 354 g/mol. The first-order valence-electron chi connectivity index (χ1n) is 6.98. The van der Waals surface area contributed by atoms with Gasteiger partial charge in [0, 0.05) is 48.0 Å². The predicted octanol–water partition coefficient (Wildman–Crippen LogP) is -1.46. The highest BCUT2D eigenvalue weighted by atomic mass is 28.4. The van der Waals surface area contributed by atoms with Crippen LogP contribution in [0.5, 0.6) is 0 Å². The summed E-state index contributed by atoms with van der Waals surface area (Å²) in [5, 5.41) is 0. The second-order valence-electron chi connectivity index (χ2n) is 5.58. The molecule has 0 unspecified atom stereocenters. The summed E-state index contributed by atoms with van der Waals surface area (Å²) in [6.07, 6.45) is 0.877. The van der Waals surface area contributed by atoms with Gasteiger partial charge in [0.05, 0.1) is 14.1 Å². The molecule has 0 bridgehead atoms. The molecule has 0 atom stereocenters. The maximum absolute atomic E-state index is 5.54. The number of hydrogen-bond acceptors (Lipinski definition) is 5. The summed E-state index contributed by atoms with van der Waals surface area (Å²) in [7, 11) is 10.9. The molecule has 0 aliphatic heterocycles. The Labute approximate surface area is 135 Å². The van der Waals surface area contributed by atoms with E-state index >= 15 is 0 Å². The molecule has 0 aliphatic rings. The SMILES string of the molecule is CO[Si](CCCN=C(N(C)C)[N+](C)(C)[SiH2]O[SiH3])(OC)OC. The normalized spacial score (nSPS) is 14.3. The summed E-state index contributed by atoms with van der Waals surface area (Å²) < 4.78 is 22.5. The minimum absolute atomic E-state index is 0.654. The lowest BCUT2D eigenvalue weighted by molar-refractivity contribution is -0.691. The topological polar surface area (TPSA) is 52.5 Å². The van der Waals surface area contributed by atoms with Crippen LogP contribution in [-0.2, 0) is 17.4 Å². The Morgan fingerprint density at radius 2 is 1.71 bits per heavy atom. The Morgan fingerprint density at radius 3 is 2.10 bits per heavy atom. The molecule has 21 heavy (non-hydrogen) atoms. The number of rotatable bonds is 9. The van der Waals surface area contributed by atoms with E-state index in [0.717, 1.165) is 39.6 Å². The molecule has 0 spiro atoms. The number of hydrogen-bond donors (Lipinski definition) is 0. The molecule has 0 amide bonds. The second-order valence-corrected chi connectivity index (χ2v) is 12.8. The molecule has 0 aromatic rings. The number of aliphatic imine (C=N–C) groups is 1. The van der Waals surface area contributed by atoms with Crippen molar-refractivity contribution in [2.75, 3.05) is 56.1 Å². The lowest BCUT2D eigenvalue weighted by Gasteiger charge is -2.33. The average molecular weight is 355 g/mol. The number of nitrogens with zero attached hydrogens (tertiary/aromatic N) is 3. The van der Waals surface area contributed by atoms with E-state index in [1.165, 1.54) is 0 Å². The maximum atomic E-state index is 5.54. The van der Waals surface area contributed by atoms with Crippen molar-refractivity contribution in [3.05, 3.63) is 0 Å². The molecule has 0 heterocycles. The lowest BCUT2D eigenvalue weighted by atomic mass is 10.5. The fraction of sp³-hybridized carbons (Fsp3) is 0.909. The largest absolute Gasteiger partial charge is 0.500 e. The fourth-order valence-corrected chi connectivity index (χ4v) is 7.07. The van der Waals surface area contributed by atoms with E-state index in [1.54, 1.807) is 21.3 Å². The average Bonchev–Trinajstić information content (AvgIpc) is 2.42. The molecule has 0 saturated heterocycles. The molecule has 0 aliphatic carbocycles. The number of quaternary nitrogens is 1. The molecule has 0 aromatic heterocycles. The van der Waals surface area contributed by atoms with E-state index in [0.29, 0.717) is 0 Å². The van der Waals surface area contributed by atoms with Crippen molar-refractivity contribution in [3.63, 3.8) is 0 Å². The minimum atomic E-state index is -2.48. The Kier molecular flexibility index (Phi) is 9.80. The highest BCUT2D eigenvalue weighted by Gasteiger charge is 2.37. The minimum Gasteiger partial charge on any atom is -0.425 e. The van der Waals surface area contributed by atoms with Gasteiger partial charge >= 0.3 is 18.7 Å². The van der Waals surface area contributed by atoms with Gasteiger partial charge in [-0.1, -0.05) is 0 Å². The van der Waals surface area contributed by atoms with Gasteiger partial charge in [0.15, 0.2) is 0 Å². The zero-order valence-electron chi connectivity index (χ0n) is 14.8. The van der Waals surface area contributed by atoms with Crippen LogP contribution >= 0.6 is 0 Å². The molecule has 0 saturated carbocycles. The van der Waals surface area contributed by atoms with Crippen LogP contribution in [0.25, 0.3) is 0 Å². The summed E-state index contributed by atoms with van der Waals surface area (Å²) in [4.78, 5) is 6.83. The summed E-state index contributed by atoms with van der Waals surface area (Å²) >= 11 is 0. The Bertz CT molecular complexity index is 318. The van der Waals surface area contributed by atoms with Crippen LogP contribution in [0.2, 0.25) is 6.04 Å². The maximum Gasteiger partial charge on any atom is 0.500 e. The molecule has 126 valence electrons. The van der Waals surface area contributed by atoms with E-state index in [-0.39, 0.29) is 0 Å². The first-order chi connectivity index (χ1) is 9.78. The van der Waals surface area contributed by atoms with E-state index < -0.39 is 18.7 Å². The van der Waals surface area contributed by atoms with Gasteiger partial charge in [-0.3, -0.25) is 0 Å². The van der Waals surface area contributed by atoms with Crippen molar-refractivity contribution >= 4 is 35.2 Å². The molecule has 0 rings (SSSR count). The summed E-state index contributed by atoms with van der Waals surface area (Å²) in [5.41, 5.74) is 0. The van der Waals surface area contributed by atoms with Crippen molar-refractivity contribution in [3.8, 4) is 0 Å². The van der Waals surface area contributed by atoms with Crippen LogP contribution in [0.1, 0.15) is 6.42 Å². The van der Waals surface area contributed by atoms with Crippen LogP contribution in [0.3, 0.4) is 0 Å². The Morgan fingerprint density at radius 1 is 1.19 bits per heavy atom. The van der Waals surface area contributed by atoms with Crippen LogP contribution < -0.4 is 0 Å². The second kappa shape index (κ2) is 9.84. The fourth-order valence-electron chi connectivity index (χ4n) is 2.29. The van der Waals surface area contributed by atoms with Gasteiger partial charge in [-0.15, -0.1) is 0 Å². The smallest absolute Gasteiger partial charge is 0.425 e. The van der Waals surface area contributed by atoms with Gasteiger partial charge in [-0.25, -0.2) is 4.99 Å². The summed E-state index contributed by atoms with van der Waals surface area (Å²) in [5.74, 6) is 1.05. The van der Waals surface area contributed by atoms with Crippen molar-refractivity contribution in [2.45, 2.75) is 12.5 Å². The summed E-state index contributed by atoms with van der Waals surface area (Å²) in [6, 6.07) is 0.767. The van der Waals surface area contributed by atoms with E-state index in [9.17, 15) is 0 Å². The molecular formula is C11H32N3O4Si3+. The number of guanidine groups is 1. The standard InChI is InChI=1S/C11H32N3O4Si3/c1-13(2)11(14(3,4)20-18-19)12-9-8-10-21(15-5,16-6)17-7/h8-10,20H2,1-7,19H3/q+1. The van der Waals surface area contributed by atoms with Crippen molar-refractivity contribution in [2.24, 2.45) is 4.99 Å². The third kappa shape index (κ3) is 6.69. The van der Waals surface area contributed by atoms with Crippen molar-refractivity contribution in [1.29, 1.82) is 0 Å². The molecular weight excluding hydrogens is 322 g/mol. The highest BCUT2D eigenvalue weighted by Crippen LogP contribution is 2.15. The van der Waals surface area contributed by atoms with Gasteiger partial charge in [-0.05, 0) is 6.42 Å². The highest BCUT2D eigenvalue weighted by molar-refractivity contribution is 6.60. The van der Waals surface area contributed by atoms with Crippen molar-refractivity contribution in [1.82, 2.24) is 4.90 Å². The molecule has 0 fully saturated rings. The van der Waals surface area contributed by atoms with E-state index in [1.807, 2.05) is 14.1 Å². The molecule has 0 aromatic carbocycles. The third-order valence-corrected chi connectivity index (χ3v) is 8.01. The quantitative estimate of drug-likeness (QED) is 0.219. The lowest BCUT2D eigenvalue weighted by Crippen LogP contribution is -2.55. The van der Waals surface area contributed by atoms with Gasteiger partial charge < -0.3 is 26.4 Å². The third-order valence-electron chi connectivity index (χ3n) is 3.22. The first kappa shape index (κ1) is 20.9. The molecule has 7 nitrogen and oxygen atoms in total. The van der Waals surface area contributed by atoms with E-state index in [2.05, 4.69) is 19.0 Å². The van der Waals surface area contributed by atoms with Crippen molar-refractivity contribution < 1.29 is 21.5 Å². The predicted molar refractivity (Wildman–Crippen MR) is 93.9 cm³/mol. The van der Waals surface area contributed by atoms with Crippen LogP contribution in [-0.4, -0.2) is 100 Å². The van der Waals surface area contributed by atoms with E-state index in [4.69, 9.17) is 22.4 Å². The Hall–Kier alpha value is -0.0794. The molecule has 0 N–H and O–H groups in total.